The van der Waals surface area contributed by atoms with Crippen molar-refractivity contribution < 1.29 is 0 Å². The van der Waals surface area contributed by atoms with Crippen molar-refractivity contribution in [2.24, 2.45) is 0 Å². The molecule has 0 aromatic heterocycles. The van der Waals surface area contributed by atoms with E-state index in [1.165, 1.54) is 0 Å². The molecule has 0 bridgehead atoms. The summed E-state index contributed by atoms with van der Waals surface area (Å²) < 4.78 is 0. The predicted molar refractivity (Wildman–Crippen MR) is 177 cm³/mol. The average Bonchev–Trinajstić information content (AvgIpc) is 2.87. The molecule has 0 nitrogen and oxygen atoms in total. The van der Waals surface area contributed by atoms with Crippen LogP contribution in [-0.4, -0.2) is 52.9 Å². The normalized spacial score (nSPS) is 12.9. The van der Waals surface area contributed by atoms with Crippen molar-refractivity contribution >= 4 is 68.5 Å². The van der Waals surface area contributed by atoms with Crippen LogP contribution in [0.4, 0.5) is 0 Å². The SMILES string of the molecule is C[Si-](c1ccccc1)[Si](C)(C)[Si](C)([Si](C)(C)[Si-](C)c1ccccc1)[Si](C)(C)[Si-](C)c1ccccc1. The summed E-state index contributed by atoms with van der Waals surface area (Å²) in [5.74, 6) is 0. The summed E-state index contributed by atoms with van der Waals surface area (Å²) in [6, 6.07) is 35.1. The summed E-state index contributed by atoms with van der Waals surface area (Å²) in [5, 5.41) is 5.07. The lowest BCUT2D eigenvalue weighted by atomic mass is 10.4. The predicted octanol–water partition coefficient (Wildman–Crippen LogP) is 5.76. The van der Waals surface area contributed by atoms with Gasteiger partial charge in [-0.3, -0.25) is 24.9 Å². The van der Waals surface area contributed by atoms with Crippen LogP contribution in [0.3, 0.4) is 0 Å². The summed E-state index contributed by atoms with van der Waals surface area (Å²) in [6.45, 7) is 26.8. The van der Waals surface area contributed by atoms with Gasteiger partial charge in [0.15, 0.2) is 0 Å². The highest BCUT2D eigenvalue weighted by Gasteiger charge is 2.54. The molecule has 35 heavy (non-hydrogen) atoms. The van der Waals surface area contributed by atoms with Crippen molar-refractivity contribution in [3.05, 3.63) is 91.0 Å². The van der Waals surface area contributed by atoms with Gasteiger partial charge in [-0.2, -0.15) is 19.6 Å². The van der Waals surface area contributed by atoms with Crippen LogP contribution in [-0.2, 0) is 0 Å². The first kappa shape index (κ1) is 28.7. The highest BCUT2D eigenvalue weighted by Crippen LogP contribution is 2.40. The zero-order valence-corrected chi connectivity index (χ0v) is 30.7. The first-order valence-corrected chi connectivity index (χ1v) is 36.5. The topological polar surface area (TPSA) is 0 Å². The Labute approximate surface area is 223 Å². The van der Waals surface area contributed by atoms with Crippen LogP contribution in [0.5, 0.6) is 0 Å². The molecule has 7 heteroatoms. The van der Waals surface area contributed by atoms with Gasteiger partial charge in [0, 0.05) is 0 Å². The fraction of sp³-hybridized carbons (Fsp3) is 0.357. The van der Waals surface area contributed by atoms with E-state index in [2.05, 4.69) is 156 Å². The highest BCUT2D eigenvalue weighted by molar-refractivity contribution is 8.08. The minimum Gasteiger partial charge on any atom is -0.289 e. The second-order valence-electron chi connectivity index (χ2n) is 12.0. The van der Waals surface area contributed by atoms with Gasteiger partial charge in [0.1, 0.15) is 0 Å². The molecule has 3 rings (SSSR count). The Morgan fingerprint density at radius 2 is 0.571 bits per heavy atom. The molecule has 0 N–H and O–H groups in total. The standard InChI is InChI=1S/C28H45Si7/c1-29(26-20-14-11-15-21-26)32(4,5)35(10,33(6,7)30(2)27-22-16-12-17-23-27)34(8,9)31(3)28-24-18-13-19-25-28/h11-25H,1-10H3/q-3. The zero-order valence-electron chi connectivity index (χ0n) is 23.7. The third kappa shape index (κ3) is 5.02. The van der Waals surface area contributed by atoms with Gasteiger partial charge in [-0.1, -0.05) is 165 Å². The summed E-state index contributed by atoms with van der Waals surface area (Å²) >= 11 is 0. The number of hydrogen-bond acceptors (Lipinski definition) is 0. The number of rotatable bonds is 9. The van der Waals surface area contributed by atoms with Crippen LogP contribution in [0, 0.1) is 0 Å². The largest absolute Gasteiger partial charge is 0.289 e. The molecule has 0 aliphatic rings. The molecule has 0 aliphatic carbocycles. The van der Waals surface area contributed by atoms with Crippen molar-refractivity contribution in [1.82, 2.24) is 0 Å². The molecule has 0 spiro atoms. The second kappa shape index (κ2) is 10.9. The van der Waals surface area contributed by atoms with Gasteiger partial charge in [0.2, 0.25) is 0 Å². The molecule has 188 valence electrons. The van der Waals surface area contributed by atoms with Crippen LogP contribution in [0.15, 0.2) is 91.0 Å². The Bertz CT molecular complexity index is 943. The quantitative estimate of drug-likeness (QED) is 0.284. The number of hydrogen-bond donors (Lipinski definition) is 0. The lowest BCUT2D eigenvalue weighted by Crippen LogP contribution is -2.94. The van der Waals surface area contributed by atoms with E-state index < -0.39 is 52.9 Å². The Morgan fingerprint density at radius 3 is 0.771 bits per heavy atom. The first-order valence-electron chi connectivity index (χ1n) is 13.0. The third-order valence-corrected chi connectivity index (χ3v) is 140. The van der Waals surface area contributed by atoms with E-state index in [4.69, 9.17) is 0 Å². The van der Waals surface area contributed by atoms with Crippen LogP contribution in [0.25, 0.3) is 0 Å². The molecule has 0 atom stereocenters. The van der Waals surface area contributed by atoms with Crippen molar-refractivity contribution in [3.8, 4) is 0 Å². The van der Waals surface area contributed by atoms with Crippen molar-refractivity contribution in [2.45, 2.75) is 65.5 Å². The van der Waals surface area contributed by atoms with E-state index in [9.17, 15) is 0 Å². The Kier molecular flexibility index (Phi) is 8.94. The molecule has 0 aliphatic heterocycles. The number of benzene rings is 3. The summed E-state index contributed by atoms with van der Waals surface area (Å²) in [7, 11) is -6.42. The maximum atomic E-state index is 3.00. The van der Waals surface area contributed by atoms with E-state index in [0.717, 1.165) is 0 Å². The third-order valence-electron chi connectivity index (χ3n) is 10.2. The van der Waals surface area contributed by atoms with E-state index >= 15 is 0 Å². The van der Waals surface area contributed by atoms with Gasteiger partial charge in [0.05, 0.1) is 0 Å². The summed E-state index contributed by atoms with van der Waals surface area (Å²) in [5.41, 5.74) is 0. The molecule has 0 saturated heterocycles. The summed E-state index contributed by atoms with van der Waals surface area (Å²) in [6.07, 6.45) is 0. The van der Waals surface area contributed by atoms with Crippen LogP contribution >= 0.6 is 0 Å². The monoisotopic (exact) mass is 577 g/mol. The smallest absolute Gasteiger partial charge is 0.0522 e. The minimum absolute atomic E-state index is 0.591. The maximum Gasteiger partial charge on any atom is -0.0522 e. The van der Waals surface area contributed by atoms with Crippen LogP contribution in [0.2, 0.25) is 65.5 Å². The van der Waals surface area contributed by atoms with E-state index in [1.807, 2.05) is 0 Å². The van der Waals surface area contributed by atoms with E-state index in [1.54, 1.807) is 15.6 Å². The van der Waals surface area contributed by atoms with Crippen molar-refractivity contribution in [3.63, 3.8) is 0 Å². The first-order chi connectivity index (χ1) is 16.3. The molecule has 3 aromatic rings. The minimum atomic E-state index is -1.62. The Hall–Kier alpha value is -0.822. The molecule has 0 heterocycles. The van der Waals surface area contributed by atoms with Gasteiger partial charge in [0.25, 0.3) is 0 Å². The maximum absolute atomic E-state index is 3.00. The molecular formula is C28H45Si7-3. The van der Waals surface area contributed by atoms with Crippen molar-refractivity contribution in [1.29, 1.82) is 0 Å². The molecule has 3 aromatic carbocycles. The van der Waals surface area contributed by atoms with Crippen molar-refractivity contribution in [2.75, 3.05) is 0 Å². The molecule has 0 fully saturated rings. The van der Waals surface area contributed by atoms with E-state index in [0.29, 0.717) is 0 Å². The lowest BCUT2D eigenvalue weighted by molar-refractivity contribution is 1.74. The molecular weight excluding hydrogens is 533 g/mol. The van der Waals surface area contributed by atoms with Gasteiger partial charge in [-0.25, -0.2) is 15.6 Å². The van der Waals surface area contributed by atoms with Crippen LogP contribution < -0.4 is 15.6 Å². The molecule has 0 unspecified atom stereocenters. The molecule has 0 radical (unpaired) electrons. The Morgan fingerprint density at radius 1 is 0.371 bits per heavy atom. The van der Waals surface area contributed by atoms with Gasteiger partial charge in [-0.05, 0) is 0 Å². The zero-order chi connectivity index (χ0) is 26.1. The highest BCUT2D eigenvalue weighted by atomic mass is 30.2. The Balaban J connectivity index is 2.25. The summed E-state index contributed by atoms with van der Waals surface area (Å²) in [4.78, 5) is 0. The van der Waals surface area contributed by atoms with Crippen LogP contribution in [0.1, 0.15) is 0 Å². The fourth-order valence-electron chi connectivity index (χ4n) is 6.62. The lowest BCUT2D eigenvalue weighted by Gasteiger charge is -2.76. The van der Waals surface area contributed by atoms with Gasteiger partial charge >= 0.3 is 0 Å². The van der Waals surface area contributed by atoms with Gasteiger partial charge in [-0.15, -0.1) is 0 Å². The molecule has 0 saturated carbocycles. The molecule has 0 amide bonds. The average molecular weight is 578 g/mol. The van der Waals surface area contributed by atoms with Gasteiger partial charge < -0.3 is 0 Å². The van der Waals surface area contributed by atoms with E-state index in [-0.39, 0.29) is 0 Å². The second-order valence-corrected chi connectivity index (χ2v) is 76.7. The fourth-order valence-corrected chi connectivity index (χ4v) is 204.